The third kappa shape index (κ3) is 3.67. The van der Waals surface area contributed by atoms with Crippen LogP contribution in [-0.2, 0) is 0 Å². The summed E-state index contributed by atoms with van der Waals surface area (Å²) in [4.78, 5) is 23.6. The zero-order chi connectivity index (χ0) is 24.0. The number of rotatable bonds is 4. The molecule has 0 aliphatic carbocycles. The predicted octanol–water partition coefficient (Wildman–Crippen LogP) is 1.81. The van der Waals surface area contributed by atoms with E-state index < -0.39 is 18.1 Å². The van der Waals surface area contributed by atoms with E-state index in [1.54, 1.807) is 37.1 Å². The Kier molecular flexibility index (Phi) is 5.47. The number of hydrogen-bond acceptors (Lipinski definition) is 8. The van der Waals surface area contributed by atoms with Crippen LogP contribution in [-0.4, -0.2) is 54.2 Å². The van der Waals surface area contributed by atoms with E-state index in [0.29, 0.717) is 47.1 Å². The molecule has 4 aromatic rings. The number of carbonyl (C=O) groups excluding carboxylic acids is 1. The van der Waals surface area contributed by atoms with Crippen molar-refractivity contribution in [1.82, 2.24) is 29.3 Å². The number of aromatic nitrogens is 5. The van der Waals surface area contributed by atoms with Gasteiger partial charge in [-0.15, -0.1) is 5.10 Å². The number of aliphatic hydroxyl groups excluding tert-OH is 1. The number of nitriles is 1. The summed E-state index contributed by atoms with van der Waals surface area (Å²) in [5, 5.41) is 27.5. The van der Waals surface area contributed by atoms with Gasteiger partial charge in [0.25, 0.3) is 5.91 Å². The molecule has 5 heterocycles. The molecule has 1 aliphatic heterocycles. The Balaban J connectivity index is 1.55. The molecular formula is C22H22ClN9O2. The Morgan fingerprint density at radius 2 is 2.26 bits per heavy atom. The fourth-order valence-corrected chi connectivity index (χ4v) is 4.77. The second kappa shape index (κ2) is 8.48. The van der Waals surface area contributed by atoms with Crippen molar-refractivity contribution in [3.63, 3.8) is 0 Å². The number of piperidine rings is 1. The first-order valence-corrected chi connectivity index (χ1v) is 11.1. The van der Waals surface area contributed by atoms with Gasteiger partial charge >= 0.3 is 0 Å². The monoisotopic (exact) mass is 479 g/mol. The number of pyridine rings is 1. The molecule has 1 fully saturated rings. The van der Waals surface area contributed by atoms with Crippen molar-refractivity contribution < 1.29 is 9.90 Å². The Morgan fingerprint density at radius 3 is 3.06 bits per heavy atom. The normalized spacial score (nSPS) is 19.3. The number of halogens is 1. The molecule has 1 unspecified atom stereocenters. The molecule has 1 aliphatic rings. The summed E-state index contributed by atoms with van der Waals surface area (Å²) in [6.45, 7) is 2.60. The van der Waals surface area contributed by atoms with E-state index in [1.807, 2.05) is 16.2 Å². The molecule has 34 heavy (non-hydrogen) atoms. The Hall–Kier alpha value is -3.88. The van der Waals surface area contributed by atoms with Crippen LogP contribution in [0.1, 0.15) is 35.3 Å². The van der Waals surface area contributed by atoms with Gasteiger partial charge in [0.05, 0.1) is 40.9 Å². The van der Waals surface area contributed by atoms with Crippen molar-refractivity contribution in [3.05, 3.63) is 53.2 Å². The smallest absolute Gasteiger partial charge is 0.259 e. The number of anilines is 2. The minimum atomic E-state index is -0.657. The summed E-state index contributed by atoms with van der Waals surface area (Å²) in [7, 11) is 0. The zero-order valence-electron chi connectivity index (χ0n) is 18.3. The van der Waals surface area contributed by atoms with Crippen molar-refractivity contribution in [2.75, 3.05) is 23.7 Å². The topological polar surface area (TPSA) is 150 Å². The Morgan fingerprint density at radius 1 is 1.44 bits per heavy atom. The van der Waals surface area contributed by atoms with E-state index in [2.05, 4.69) is 26.5 Å². The molecule has 5 rings (SSSR count). The molecule has 0 spiro atoms. The second-order valence-corrected chi connectivity index (χ2v) is 8.79. The summed E-state index contributed by atoms with van der Waals surface area (Å²) in [6, 6.07) is 5.22. The SMILES string of the molecule is CC(NC(=O)c1c(N)nn2cccnc12)c1cc(Cl)c2cncn2c1N1C[C@@H](O)C[C@H](C#N)C1. The fourth-order valence-electron chi connectivity index (χ4n) is 4.52. The van der Waals surface area contributed by atoms with Gasteiger partial charge in [-0.2, -0.15) is 5.26 Å². The number of hydrogen-bond donors (Lipinski definition) is 3. The maximum absolute atomic E-state index is 13.2. The third-order valence-corrected chi connectivity index (χ3v) is 6.33. The molecule has 11 nitrogen and oxygen atoms in total. The highest BCUT2D eigenvalue weighted by Gasteiger charge is 2.31. The van der Waals surface area contributed by atoms with Gasteiger partial charge in [-0.3, -0.25) is 9.20 Å². The maximum Gasteiger partial charge on any atom is 0.259 e. The highest BCUT2D eigenvalue weighted by atomic mass is 35.5. The van der Waals surface area contributed by atoms with Gasteiger partial charge < -0.3 is 21.1 Å². The minimum absolute atomic E-state index is 0.0720. The first-order valence-electron chi connectivity index (χ1n) is 10.7. The molecule has 3 atom stereocenters. The number of β-amino-alcohol motifs (C(OH)–C–C–N with tert-alkyl or cyclic N) is 1. The summed E-state index contributed by atoms with van der Waals surface area (Å²) >= 11 is 6.55. The number of nitrogen functional groups attached to an aromatic ring is 1. The van der Waals surface area contributed by atoms with Crippen LogP contribution in [0.3, 0.4) is 0 Å². The van der Waals surface area contributed by atoms with Gasteiger partial charge in [-0.1, -0.05) is 11.6 Å². The van der Waals surface area contributed by atoms with E-state index in [0.717, 1.165) is 0 Å². The summed E-state index contributed by atoms with van der Waals surface area (Å²) in [5.74, 6) is 0.0119. The van der Waals surface area contributed by atoms with Crippen LogP contribution in [0.2, 0.25) is 5.02 Å². The molecule has 1 saturated heterocycles. The van der Waals surface area contributed by atoms with E-state index >= 15 is 0 Å². The molecule has 1 amide bonds. The number of aliphatic hydroxyl groups is 1. The number of fused-ring (bicyclic) bond motifs is 2. The van der Waals surface area contributed by atoms with E-state index in [4.69, 9.17) is 17.3 Å². The lowest BCUT2D eigenvalue weighted by Gasteiger charge is -2.37. The van der Waals surface area contributed by atoms with E-state index in [-0.39, 0.29) is 17.3 Å². The quantitative estimate of drug-likeness (QED) is 0.401. The van der Waals surface area contributed by atoms with E-state index in [9.17, 15) is 15.2 Å². The van der Waals surface area contributed by atoms with Gasteiger partial charge in [0.1, 0.15) is 17.7 Å². The van der Waals surface area contributed by atoms with Gasteiger partial charge in [0.2, 0.25) is 0 Å². The van der Waals surface area contributed by atoms with Crippen LogP contribution >= 0.6 is 11.6 Å². The van der Waals surface area contributed by atoms with Gasteiger partial charge in [0.15, 0.2) is 11.5 Å². The lowest BCUT2D eigenvalue weighted by atomic mass is 9.96. The summed E-state index contributed by atoms with van der Waals surface area (Å²) in [5.41, 5.74) is 7.94. The minimum Gasteiger partial charge on any atom is -0.391 e. The van der Waals surface area contributed by atoms with Crippen molar-refractivity contribution in [2.45, 2.75) is 25.5 Å². The largest absolute Gasteiger partial charge is 0.391 e. The number of carbonyl (C=O) groups is 1. The summed E-state index contributed by atoms with van der Waals surface area (Å²) in [6.07, 6.45) is 6.26. The first-order chi connectivity index (χ1) is 16.4. The average molecular weight is 480 g/mol. The van der Waals surface area contributed by atoms with Crippen LogP contribution in [0.4, 0.5) is 11.6 Å². The molecule has 0 radical (unpaired) electrons. The van der Waals surface area contributed by atoms with Crippen molar-refractivity contribution in [3.8, 4) is 6.07 Å². The lowest BCUT2D eigenvalue weighted by Crippen LogP contribution is -2.44. The predicted molar refractivity (Wildman–Crippen MR) is 125 cm³/mol. The Bertz CT molecular complexity index is 1440. The van der Waals surface area contributed by atoms with Crippen molar-refractivity contribution in [2.24, 2.45) is 5.92 Å². The van der Waals surface area contributed by atoms with Crippen molar-refractivity contribution in [1.29, 1.82) is 5.26 Å². The van der Waals surface area contributed by atoms with Gasteiger partial charge in [-0.05, 0) is 25.5 Å². The highest BCUT2D eigenvalue weighted by Crippen LogP contribution is 2.35. The van der Waals surface area contributed by atoms with Gasteiger partial charge in [0, 0.05) is 31.0 Å². The van der Waals surface area contributed by atoms with Crippen LogP contribution < -0.4 is 16.0 Å². The van der Waals surface area contributed by atoms with E-state index in [1.165, 1.54) is 4.52 Å². The number of nitrogens with two attached hydrogens (primary N) is 1. The Labute approximate surface area is 199 Å². The van der Waals surface area contributed by atoms with Crippen LogP contribution in [0.5, 0.6) is 0 Å². The molecule has 4 aromatic heterocycles. The molecule has 0 bridgehead atoms. The highest BCUT2D eigenvalue weighted by molar-refractivity contribution is 6.34. The second-order valence-electron chi connectivity index (χ2n) is 8.38. The maximum atomic E-state index is 13.2. The zero-order valence-corrected chi connectivity index (χ0v) is 19.0. The fraction of sp³-hybridized carbons (Fsp3) is 0.318. The molecule has 174 valence electrons. The molecule has 0 saturated carbocycles. The molecule has 4 N–H and O–H groups in total. The average Bonchev–Trinajstić information content (AvgIpc) is 3.42. The van der Waals surface area contributed by atoms with Gasteiger partial charge in [-0.25, -0.2) is 14.5 Å². The van der Waals surface area contributed by atoms with Crippen LogP contribution in [0.25, 0.3) is 11.2 Å². The summed E-state index contributed by atoms with van der Waals surface area (Å²) < 4.78 is 3.27. The van der Waals surface area contributed by atoms with Crippen LogP contribution in [0.15, 0.2) is 37.1 Å². The third-order valence-electron chi connectivity index (χ3n) is 6.03. The van der Waals surface area contributed by atoms with Crippen molar-refractivity contribution >= 4 is 40.3 Å². The number of imidazole rings is 1. The number of amides is 1. The number of nitrogens with one attached hydrogen (secondary N) is 1. The standard InChI is InChI=1S/C22H22ClN9O2/c1-12(28-21(34)18-19(25)29-32-4-2-3-27-20(18)32)15-6-16(23)17-8-26-11-31(17)22(15)30-9-13(7-24)5-14(33)10-30/h2-4,6,8,11-14,33H,5,9-10H2,1H3,(H2,25,29)(H,28,34)/t12?,13-,14+/m1/s1. The molecule has 0 aromatic carbocycles. The lowest BCUT2D eigenvalue weighted by molar-refractivity contribution is 0.0942. The molecule has 12 heteroatoms. The van der Waals surface area contributed by atoms with Crippen LogP contribution in [0, 0.1) is 17.2 Å². The number of nitrogens with zero attached hydrogens (tertiary/aromatic N) is 7. The molecular weight excluding hydrogens is 458 g/mol. The first kappa shape index (κ1) is 21.9.